The molecule has 0 aromatic carbocycles. The summed E-state index contributed by atoms with van der Waals surface area (Å²) < 4.78 is 0. The maximum absolute atomic E-state index is 10.2. The molecule has 5 rings (SSSR count). The molecule has 5 heterocycles. The first-order chi connectivity index (χ1) is 22.1. The molecule has 0 saturated heterocycles. The lowest BCUT2D eigenvalue weighted by molar-refractivity contribution is 0.609. The number of nitriles is 2. The lowest BCUT2D eigenvalue weighted by Gasteiger charge is -1.99. The van der Waals surface area contributed by atoms with E-state index in [9.17, 15) is 10.5 Å². The van der Waals surface area contributed by atoms with E-state index in [0.717, 1.165) is 32.4 Å². The third kappa shape index (κ3) is 8.85. The second-order valence-electron chi connectivity index (χ2n) is 11.6. The molecule has 0 unspecified atom stereocenters. The first-order valence-corrected chi connectivity index (χ1v) is 20.6. The minimum absolute atomic E-state index is 0.508. The zero-order valence-corrected chi connectivity index (χ0v) is 30.5. The molecule has 0 aliphatic rings. The van der Waals surface area contributed by atoms with Crippen molar-refractivity contribution < 1.29 is 0 Å². The van der Waals surface area contributed by atoms with E-state index in [1.165, 1.54) is 106 Å². The van der Waals surface area contributed by atoms with Crippen LogP contribution in [0.2, 0.25) is 0 Å². The fourth-order valence-corrected chi connectivity index (χ4v) is 11.3. The normalized spacial score (nSPS) is 11.2. The van der Waals surface area contributed by atoms with Crippen LogP contribution in [0.1, 0.15) is 112 Å². The Labute approximate surface area is 289 Å². The highest BCUT2D eigenvalue weighted by Gasteiger charge is 2.23. The number of thiophene rings is 5. The monoisotopic (exact) mass is 686 g/mol. The van der Waals surface area contributed by atoms with E-state index in [1.807, 2.05) is 22.7 Å². The second-order valence-corrected chi connectivity index (χ2v) is 17.2. The van der Waals surface area contributed by atoms with Crippen LogP contribution in [0.5, 0.6) is 0 Å². The first-order valence-electron chi connectivity index (χ1n) is 16.5. The van der Waals surface area contributed by atoms with Gasteiger partial charge in [-0.15, -0.1) is 56.7 Å². The molecule has 0 saturated carbocycles. The number of aryl methyl sites for hydroxylation is 2. The van der Waals surface area contributed by atoms with Crippen LogP contribution in [0.4, 0.5) is 0 Å². The van der Waals surface area contributed by atoms with E-state index < -0.39 is 0 Å². The maximum Gasteiger partial charge on any atom is 0.102 e. The van der Waals surface area contributed by atoms with Crippen LogP contribution in [0.3, 0.4) is 0 Å². The van der Waals surface area contributed by atoms with Gasteiger partial charge in [0.15, 0.2) is 0 Å². The van der Waals surface area contributed by atoms with Gasteiger partial charge in [0.2, 0.25) is 0 Å². The summed E-state index contributed by atoms with van der Waals surface area (Å²) >= 11 is 8.83. The molecule has 5 aromatic rings. The summed E-state index contributed by atoms with van der Waals surface area (Å²) in [6.45, 7) is 4.53. The summed E-state index contributed by atoms with van der Waals surface area (Å²) in [5.74, 6) is 0. The van der Waals surface area contributed by atoms with Crippen molar-refractivity contribution in [2.45, 2.75) is 104 Å². The third-order valence-corrected chi connectivity index (χ3v) is 14.6. The molecule has 7 heteroatoms. The zero-order valence-electron chi connectivity index (χ0n) is 26.5. The molecule has 0 aliphatic heterocycles. The van der Waals surface area contributed by atoms with Crippen LogP contribution < -0.4 is 0 Å². The highest BCUT2D eigenvalue weighted by atomic mass is 32.1. The average molecular weight is 687 g/mol. The predicted molar refractivity (Wildman–Crippen MR) is 201 cm³/mol. The Kier molecular flexibility index (Phi) is 13.1. The van der Waals surface area contributed by atoms with Gasteiger partial charge in [-0.05, 0) is 74.2 Å². The van der Waals surface area contributed by atoms with Gasteiger partial charge in [0, 0.05) is 39.0 Å². The van der Waals surface area contributed by atoms with Gasteiger partial charge in [0.25, 0.3) is 0 Å². The topological polar surface area (TPSA) is 47.6 Å². The van der Waals surface area contributed by atoms with Gasteiger partial charge < -0.3 is 0 Å². The summed E-state index contributed by atoms with van der Waals surface area (Å²) in [6, 6.07) is 22.4. The van der Waals surface area contributed by atoms with Gasteiger partial charge in [-0.25, -0.2) is 0 Å². The van der Waals surface area contributed by atoms with Gasteiger partial charge >= 0.3 is 0 Å². The van der Waals surface area contributed by atoms with E-state index in [2.05, 4.69) is 74.5 Å². The van der Waals surface area contributed by atoms with Crippen molar-refractivity contribution in [1.82, 2.24) is 0 Å². The lowest BCUT2D eigenvalue weighted by atomic mass is 10.1. The van der Waals surface area contributed by atoms with E-state index >= 15 is 0 Å². The Hall–Kier alpha value is -2.52. The van der Waals surface area contributed by atoms with E-state index in [0.29, 0.717) is 11.1 Å². The fraction of sp³-hybridized carbons (Fsp3) is 0.421. The van der Waals surface area contributed by atoms with Crippen LogP contribution >= 0.6 is 56.7 Å². The third-order valence-electron chi connectivity index (χ3n) is 8.15. The predicted octanol–water partition coefficient (Wildman–Crippen LogP) is 14.2. The highest BCUT2D eigenvalue weighted by molar-refractivity contribution is 7.30. The van der Waals surface area contributed by atoms with Crippen molar-refractivity contribution in [3.8, 4) is 51.2 Å². The van der Waals surface area contributed by atoms with Crippen molar-refractivity contribution in [3.63, 3.8) is 0 Å². The Morgan fingerprint density at radius 3 is 1.20 bits per heavy atom. The molecule has 45 heavy (non-hydrogen) atoms. The highest BCUT2D eigenvalue weighted by Crippen LogP contribution is 2.48. The smallest absolute Gasteiger partial charge is 0.102 e. The molecule has 2 nitrogen and oxygen atoms in total. The Bertz CT molecular complexity index is 1600. The van der Waals surface area contributed by atoms with Crippen molar-refractivity contribution in [1.29, 1.82) is 10.5 Å². The minimum Gasteiger partial charge on any atom is -0.192 e. The molecule has 0 bridgehead atoms. The fourth-order valence-electron chi connectivity index (χ4n) is 5.62. The number of hydrogen-bond acceptors (Lipinski definition) is 7. The number of rotatable bonds is 18. The van der Waals surface area contributed by atoms with E-state index in [4.69, 9.17) is 0 Å². The average Bonchev–Trinajstić information content (AvgIpc) is 3.88. The standard InChI is InChI=1S/C38H42N2S5/c1-3-5-7-9-11-13-15-27-17-19-31(41-27)33-21-23-35(43-33)37-29(25-39)30(26-40)38(45-37)36-24-22-34(44-36)32-20-18-28(42-32)16-14-12-10-8-6-4-2/h17-24H,3-16H2,1-2H3. The zero-order chi connectivity index (χ0) is 31.4. The Balaban J connectivity index is 1.27. The summed E-state index contributed by atoms with van der Waals surface area (Å²) in [5, 5.41) is 20.3. The Morgan fingerprint density at radius 1 is 0.422 bits per heavy atom. The number of nitrogens with zero attached hydrogens (tertiary/aromatic N) is 2. The summed E-state index contributed by atoms with van der Waals surface area (Å²) in [4.78, 5) is 11.9. The molecule has 0 spiro atoms. The Morgan fingerprint density at radius 2 is 0.778 bits per heavy atom. The second kappa shape index (κ2) is 17.4. The number of hydrogen-bond donors (Lipinski definition) is 0. The molecule has 0 amide bonds. The maximum atomic E-state index is 10.2. The van der Waals surface area contributed by atoms with Crippen LogP contribution in [0.25, 0.3) is 39.0 Å². The van der Waals surface area contributed by atoms with Crippen LogP contribution in [-0.2, 0) is 12.8 Å². The molecule has 0 aliphatic carbocycles. The van der Waals surface area contributed by atoms with E-state index in [-0.39, 0.29) is 0 Å². The summed E-state index contributed by atoms with van der Waals surface area (Å²) in [7, 11) is 0. The number of unbranched alkanes of at least 4 members (excludes halogenated alkanes) is 10. The molecule has 0 N–H and O–H groups in total. The molecule has 5 aromatic heterocycles. The SMILES string of the molecule is CCCCCCCCc1ccc(-c2ccc(-c3sc(-c4ccc(-c5ccc(CCCCCCCC)s5)s4)c(C#N)c3C#N)s2)s1. The molecule has 0 radical (unpaired) electrons. The molecular weight excluding hydrogens is 645 g/mol. The summed E-state index contributed by atoms with van der Waals surface area (Å²) in [5.41, 5.74) is 1.02. The van der Waals surface area contributed by atoms with Gasteiger partial charge in [-0.2, -0.15) is 10.5 Å². The quantitative estimate of drug-likeness (QED) is 0.0861. The molecular formula is C38H42N2S5. The van der Waals surface area contributed by atoms with Crippen LogP contribution in [0, 0.1) is 22.7 Å². The van der Waals surface area contributed by atoms with Gasteiger partial charge in [0.05, 0.1) is 20.9 Å². The van der Waals surface area contributed by atoms with Crippen LogP contribution in [-0.4, -0.2) is 0 Å². The molecule has 0 atom stereocenters. The van der Waals surface area contributed by atoms with Crippen molar-refractivity contribution in [2.24, 2.45) is 0 Å². The first kappa shape index (κ1) is 33.8. The van der Waals surface area contributed by atoms with Gasteiger partial charge in [-0.3, -0.25) is 0 Å². The molecule has 0 fully saturated rings. The largest absolute Gasteiger partial charge is 0.192 e. The minimum atomic E-state index is 0.508. The van der Waals surface area contributed by atoms with E-state index in [1.54, 1.807) is 34.0 Å². The van der Waals surface area contributed by atoms with Gasteiger partial charge in [0.1, 0.15) is 12.1 Å². The molecule has 234 valence electrons. The van der Waals surface area contributed by atoms with Crippen molar-refractivity contribution >= 4 is 56.7 Å². The van der Waals surface area contributed by atoms with Crippen LogP contribution in [0.15, 0.2) is 48.5 Å². The van der Waals surface area contributed by atoms with Crippen molar-refractivity contribution in [3.05, 3.63) is 69.4 Å². The summed E-state index contributed by atoms with van der Waals surface area (Å²) in [6.07, 6.45) is 18.1. The van der Waals surface area contributed by atoms with Crippen molar-refractivity contribution in [2.75, 3.05) is 0 Å². The van der Waals surface area contributed by atoms with Gasteiger partial charge in [-0.1, -0.05) is 78.1 Å². The lowest BCUT2D eigenvalue weighted by Crippen LogP contribution is -1.82.